The lowest BCUT2D eigenvalue weighted by Crippen LogP contribution is -2.51. The third kappa shape index (κ3) is 9.08. The number of amides is 3. The average molecular weight is 624 g/mol. The number of nitrogens with one attached hydrogen (secondary N) is 3. The minimum absolute atomic E-state index is 0.143. The van der Waals surface area contributed by atoms with E-state index < -0.39 is 46.9 Å². The quantitative estimate of drug-likeness (QED) is 0.226. The van der Waals surface area contributed by atoms with Crippen LogP contribution in [0, 0.1) is 0 Å². The van der Waals surface area contributed by atoms with E-state index in [9.17, 15) is 27.9 Å². The Morgan fingerprint density at radius 2 is 1.57 bits per heavy atom. The fourth-order valence-electron chi connectivity index (χ4n) is 5.53. The normalized spacial score (nSPS) is 15.9. The van der Waals surface area contributed by atoms with Gasteiger partial charge in [0, 0.05) is 31.7 Å². The summed E-state index contributed by atoms with van der Waals surface area (Å²) in [7, 11) is -3.70. The van der Waals surface area contributed by atoms with Crippen molar-refractivity contribution < 1.29 is 27.9 Å². The van der Waals surface area contributed by atoms with E-state index in [-0.39, 0.29) is 25.2 Å². The Morgan fingerprint density at radius 1 is 0.909 bits per heavy atom. The van der Waals surface area contributed by atoms with Crippen molar-refractivity contribution in [2.45, 2.75) is 44.5 Å². The van der Waals surface area contributed by atoms with Gasteiger partial charge in [0.15, 0.2) is 0 Å². The molecule has 0 aromatic heterocycles. The number of hydrogen-bond acceptors (Lipinski definition) is 7. The van der Waals surface area contributed by atoms with Gasteiger partial charge in [-0.1, -0.05) is 72.8 Å². The Labute approximate surface area is 258 Å². The van der Waals surface area contributed by atoms with E-state index in [1.54, 1.807) is 0 Å². The van der Waals surface area contributed by atoms with Crippen molar-refractivity contribution in [3.05, 3.63) is 83.9 Å². The van der Waals surface area contributed by atoms with Crippen molar-refractivity contribution in [1.29, 1.82) is 0 Å². The average Bonchev–Trinajstić information content (AvgIpc) is 3.03. The van der Waals surface area contributed by atoms with Gasteiger partial charge in [0.25, 0.3) is 5.91 Å². The summed E-state index contributed by atoms with van der Waals surface area (Å²) in [6, 6.07) is 23.5. The van der Waals surface area contributed by atoms with E-state index in [0.29, 0.717) is 25.9 Å². The fourth-order valence-corrected chi connectivity index (χ4v) is 6.64. The molecule has 0 aliphatic carbocycles. The van der Waals surface area contributed by atoms with E-state index in [4.69, 9.17) is 0 Å². The number of fused-ring (bicyclic) bond motifs is 1. The smallest absolute Gasteiger partial charge is 0.250 e. The maximum absolute atomic E-state index is 12.7. The van der Waals surface area contributed by atoms with Gasteiger partial charge in [-0.2, -0.15) is 4.31 Å². The predicted molar refractivity (Wildman–Crippen MR) is 169 cm³/mol. The summed E-state index contributed by atoms with van der Waals surface area (Å²) in [5.74, 6) is -1.87. The van der Waals surface area contributed by atoms with Crippen LogP contribution in [-0.2, 0) is 31.0 Å². The number of hydrogen-bond donors (Lipinski definition) is 4. The molecular weight excluding hydrogens is 582 g/mol. The number of carbonyl (C=O) groups excluding carboxylic acids is 3. The zero-order valence-electron chi connectivity index (χ0n) is 25.1. The summed E-state index contributed by atoms with van der Waals surface area (Å²) < 4.78 is 26.5. The molecule has 236 valence electrons. The third-order valence-corrected chi connectivity index (χ3v) is 9.28. The lowest BCUT2D eigenvalue weighted by molar-refractivity contribution is -0.130. The zero-order valence-corrected chi connectivity index (χ0v) is 25.9. The van der Waals surface area contributed by atoms with Crippen molar-refractivity contribution in [2.75, 3.05) is 39.0 Å². The number of rotatable bonds is 13. The van der Waals surface area contributed by atoms with Gasteiger partial charge in [0.05, 0.1) is 25.9 Å². The number of piperidine rings is 1. The molecule has 2 unspecified atom stereocenters. The third-order valence-electron chi connectivity index (χ3n) is 8.00. The van der Waals surface area contributed by atoms with Crippen LogP contribution in [0.4, 0.5) is 0 Å². The number of carbonyl (C=O) groups is 3. The molecular formula is C32H41N5O6S. The van der Waals surface area contributed by atoms with Gasteiger partial charge in [0.1, 0.15) is 6.10 Å². The minimum Gasteiger partial charge on any atom is -0.381 e. The van der Waals surface area contributed by atoms with Gasteiger partial charge < -0.3 is 21.1 Å². The first-order valence-corrected chi connectivity index (χ1v) is 16.6. The SMILES string of the molecule is CC(c1cccc2ccccc12)N1CCC(N(CC(=O)NCC(=O)NCC(O)C(=O)NCc2ccccc2)S(C)(=O)=O)CC1. The van der Waals surface area contributed by atoms with E-state index in [1.165, 1.54) is 20.6 Å². The van der Waals surface area contributed by atoms with Gasteiger partial charge in [0.2, 0.25) is 21.8 Å². The summed E-state index contributed by atoms with van der Waals surface area (Å²) in [5, 5.41) is 19.9. The second kappa shape index (κ2) is 15.2. The molecule has 1 heterocycles. The summed E-state index contributed by atoms with van der Waals surface area (Å²) >= 11 is 0. The molecule has 0 spiro atoms. The number of aliphatic hydroxyl groups is 1. The molecule has 0 radical (unpaired) electrons. The van der Waals surface area contributed by atoms with E-state index >= 15 is 0 Å². The molecule has 3 aromatic carbocycles. The molecule has 1 fully saturated rings. The topological polar surface area (TPSA) is 148 Å². The van der Waals surface area contributed by atoms with Crippen LogP contribution in [0.2, 0.25) is 0 Å². The van der Waals surface area contributed by atoms with Gasteiger partial charge in [-0.05, 0) is 41.7 Å². The molecule has 2 atom stereocenters. The highest BCUT2D eigenvalue weighted by atomic mass is 32.2. The Balaban J connectivity index is 1.22. The summed E-state index contributed by atoms with van der Waals surface area (Å²) in [6.07, 6.45) is 0.760. The maximum Gasteiger partial charge on any atom is 0.250 e. The Hall–Kier alpha value is -3.84. The highest BCUT2D eigenvalue weighted by molar-refractivity contribution is 7.88. The molecule has 12 heteroatoms. The van der Waals surface area contributed by atoms with Crippen LogP contribution in [0.5, 0.6) is 0 Å². The first-order valence-electron chi connectivity index (χ1n) is 14.7. The second-order valence-electron chi connectivity index (χ2n) is 11.1. The molecule has 1 aliphatic rings. The monoisotopic (exact) mass is 623 g/mol. The van der Waals surface area contributed by atoms with E-state index in [2.05, 4.69) is 58.1 Å². The molecule has 1 aliphatic heterocycles. The molecule has 44 heavy (non-hydrogen) atoms. The highest BCUT2D eigenvalue weighted by Gasteiger charge is 2.33. The van der Waals surface area contributed by atoms with E-state index in [1.807, 2.05) is 42.5 Å². The van der Waals surface area contributed by atoms with Gasteiger partial charge in [-0.3, -0.25) is 19.3 Å². The molecule has 3 aromatic rings. The van der Waals surface area contributed by atoms with Crippen LogP contribution in [0.25, 0.3) is 10.8 Å². The van der Waals surface area contributed by atoms with Crippen LogP contribution < -0.4 is 16.0 Å². The lowest BCUT2D eigenvalue weighted by Gasteiger charge is -2.39. The Bertz CT molecular complexity index is 1540. The standard InChI is InChI=1S/C32H41N5O6S/c1-23(27-14-8-12-25-11-6-7-13-28(25)27)36-17-15-26(16-18-36)37(44(2,42)43)22-31(40)34-21-30(39)33-20-29(38)32(41)35-19-24-9-4-3-5-10-24/h3-14,23,26,29,38H,15-22H2,1-2H3,(H,33,39)(H,34,40)(H,35,41). The van der Waals surface area contributed by atoms with Crippen LogP contribution >= 0.6 is 0 Å². The summed E-state index contributed by atoms with van der Waals surface area (Å²) in [6.45, 7) is 2.58. The summed E-state index contributed by atoms with van der Waals surface area (Å²) in [4.78, 5) is 39.3. The van der Waals surface area contributed by atoms with Crippen molar-refractivity contribution in [1.82, 2.24) is 25.2 Å². The number of likely N-dealkylation sites (tertiary alicyclic amines) is 1. The number of benzene rings is 3. The van der Waals surface area contributed by atoms with Crippen LogP contribution in [0.1, 0.15) is 36.9 Å². The minimum atomic E-state index is -3.70. The largest absolute Gasteiger partial charge is 0.381 e. The molecule has 0 bridgehead atoms. The van der Waals surface area contributed by atoms with Crippen molar-refractivity contribution in [3.63, 3.8) is 0 Å². The fraction of sp³-hybridized carbons (Fsp3) is 0.406. The van der Waals surface area contributed by atoms with Crippen molar-refractivity contribution in [2.24, 2.45) is 0 Å². The van der Waals surface area contributed by atoms with Crippen molar-refractivity contribution >= 4 is 38.5 Å². The van der Waals surface area contributed by atoms with Gasteiger partial charge in [-0.25, -0.2) is 8.42 Å². The van der Waals surface area contributed by atoms with Gasteiger partial charge >= 0.3 is 0 Å². The van der Waals surface area contributed by atoms with Crippen LogP contribution in [0.15, 0.2) is 72.8 Å². The molecule has 11 nitrogen and oxygen atoms in total. The lowest BCUT2D eigenvalue weighted by atomic mass is 9.96. The number of nitrogens with zero attached hydrogens (tertiary/aromatic N) is 2. The molecule has 3 amide bonds. The van der Waals surface area contributed by atoms with Crippen LogP contribution in [-0.4, -0.2) is 91.6 Å². The molecule has 4 N–H and O–H groups in total. The molecule has 0 saturated carbocycles. The molecule has 4 rings (SSSR count). The maximum atomic E-state index is 12.7. The number of sulfonamides is 1. The summed E-state index contributed by atoms with van der Waals surface area (Å²) in [5.41, 5.74) is 2.09. The first kappa shape index (κ1) is 33.1. The second-order valence-corrected chi connectivity index (χ2v) is 13.1. The molecule has 1 saturated heterocycles. The Morgan fingerprint density at radius 3 is 2.27 bits per heavy atom. The van der Waals surface area contributed by atoms with E-state index in [0.717, 1.165) is 11.8 Å². The highest BCUT2D eigenvalue weighted by Crippen LogP contribution is 2.31. The van der Waals surface area contributed by atoms with Crippen LogP contribution in [0.3, 0.4) is 0 Å². The van der Waals surface area contributed by atoms with Crippen molar-refractivity contribution in [3.8, 4) is 0 Å². The first-order chi connectivity index (χ1) is 21.0. The predicted octanol–water partition coefficient (Wildman–Crippen LogP) is 1.54. The Kier molecular flexibility index (Phi) is 11.5. The zero-order chi connectivity index (χ0) is 31.7. The van der Waals surface area contributed by atoms with Gasteiger partial charge in [-0.15, -0.1) is 0 Å². The number of aliphatic hydroxyl groups excluding tert-OH is 1.